The molecule has 0 aliphatic heterocycles. The second-order valence-electron chi connectivity index (χ2n) is 3.36. The maximum Gasteiger partial charge on any atom is 0.251 e. The number of aryl methyl sites for hydroxylation is 1. The van der Waals surface area contributed by atoms with Crippen molar-refractivity contribution in [1.82, 2.24) is 9.97 Å². The lowest BCUT2D eigenvalue weighted by atomic mass is 10.2. The zero-order chi connectivity index (χ0) is 11.7. The van der Waals surface area contributed by atoms with Gasteiger partial charge in [0.25, 0.3) is 5.56 Å². The standard InChI is InChI=1S/C11H8BrClN2O/c1-6-4-10(16)15-11(14-6)8-3-2-7(12)5-9(8)13/h2-5H,1H3,(H,14,15,16). The van der Waals surface area contributed by atoms with E-state index in [0.717, 1.165) is 4.47 Å². The molecule has 0 amide bonds. The number of H-pyrrole nitrogens is 1. The second-order valence-corrected chi connectivity index (χ2v) is 4.68. The number of rotatable bonds is 1. The minimum Gasteiger partial charge on any atom is -0.306 e. The van der Waals surface area contributed by atoms with Crippen LogP contribution in [0.5, 0.6) is 0 Å². The Morgan fingerprint density at radius 1 is 1.38 bits per heavy atom. The molecule has 0 saturated carbocycles. The van der Waals surface area contributed by atoms with Crippen LogP contribution in [0.4, 0.5) is 0 Å². The molecular weight excluding hydrogens is 291 g/mol. The van der Waals surface area contributed by atoms with Gasteiger partial charge in [-0.15, -0.1) is 0 Å². The van der Waals surface area contributed by atoms with Gasteiger partial charge in [0, 0.05) is 21.8 Å². The average Bonchev–Trinajstić information content (AvgIpc) is 2.15. The first-order valence-corrected chi connectivity index (χ1v) is 5.77. The molecule has 0 aliphatic rings. The fraction of sp³-hybridized carbons (Fsp3) is 0.0909. The molecule has 0 fully saturated rings. The highest BCUT2D eigenvalue weighted by atomic mass is 79.9. The SMILES string of the molecule is Cc1cc(=O)[nH]c(-c2ccc(Br)cc2Cl)n1. The van der Waals surface area contributed by atoms with Crippen molar-refractivity contribution in [2.45, 2.75) is 6.92 Å². The zero-order valence-electron chi connectivity index (χ0n) is 8.42. The minimum atomic E-state index is -0.179. The van der Waals surface area contributed by atoms with Gasteiger partial charge in [0.2, 0.25) is 0 Å². The molecule has 0 spiro atoms. The number of halogens is 2. The summed E-state index contributed by atoms with van der Waals surface area (Å²) < 4.78 is 0.885. The maximum atomic E-state index is 11.3. The van der Waals surface area contributed by atoms with E-state index in [1.807, 2.05) is 12.1 Å². The molecule has 0 unspecified atom stereocenters. The summed E-state index contributed by atoms with van der Waals surface area (Å²) in [6, 6.07) is 6.86. The van der Waals surface area contributed by atoms with Crippen molar-refractivity contribution in [2.24, 2.45) is 0 Å². The fourth-order valence-electron chi connectivity index (χ4n) is 1.39. The lowest BCUT2D eigenvalue weighted by Crippen LogP contribution is -2.08. The minimum absolute atomic E-state index is 0.179. The lowest BCUT2D eigenvalue weighted by Gasteiger charge is -2.04. The first-order valence-electron chi connectivity index (χ1n) is 4.59. The molecular formula is C11H8BrClN2O. The van der Waals surface area contributed by atoms with E-state index in [9.17, 15) is 4.79 Å². The van der Waals surface area contributed by atoms with Crippen molar-refractivity contribution in [2.75, 3.05) is 0 Å². The third-order valence-electron chi connectivity index (χ3n) is 2.06. The van der Waals surface area contributed by atoms with Gasteiger partial charge in [0.15, 0.2) is 0 Å². The van der Waals surface area contributed by atoms with Crippen molar-refractivity contribution < 1.29 is 0 Å². The topological polar surface area (TPSA) is 45.8 Å². The summed E-state index contributed by atoms with van der Waals surface area (Å²) in [5, 5.41) is 0.545. The number of aromatic amines is 1. The molecule has 0 bridgehead atoms. The normalized spacial score (nSPS) is 10.4. The van der Waals surface area contributed by atoms with Gasteiger partial charge < -0.3 is 4.98 Å². The quantitative estimate of drug-likeness (QED) is 0.879. The van der Waals surface area contributed by atoms with Crippen molar-refractivity contribution in [3.05, 3.63) is 49.8 Å². The molecule has 2 aromatic rings. The summed E-state index contributed by atoms with van der Waals surface area (Å²) in [7, 11) is 0. The first-order chi connectivity index (χ1) is 7.56. The summed E-state index contributed by atoms with van der Waals surface area (Å²) >= 11 is 9.40. The Bertz CT molecular complexity index is 595. The summed E-state index contributed by atoms with van der Waals surface area (Å²) in [5.74, 6) is 0.488. The van der Waals surface area contributed by atoms with Crippen LogP contribution in [0, 0.1) is 6.92 Å². The second kappa shape index (κ2) is 4.39. The summed E-state index contributed by atoms with van der Waals surface area (Å²) in [5.41, 5.74) is 1.20. The zero-order valence-corrected chi connectivity index (χ0v) is 10.8. The molecule has 82 valence electrons. The van der Waals surface area contributed by atoms with Gasteiger partial charge in [0.1, 0.15) is 5.82 Å². The Balaban J connectivity index is 2.63. The van der Waals surface area contributed by atoms with Crippen molar-refractivity contribution in [3.63, 3.8) is 0 Å². The molecule has 3 nitrogen and oxygen atoms in total. The van der Waals surface area contributed by atoms with Crippen LogP contribution in [0.2, 0.25) is 5.02 Å². The van der Waals surface area contributed by atoms with Crippen LogP contribution in [0.15, 0.2) is 33.5 Å². The Hall–Kier alpha value is -1.13. The Morgan fingerprint density at radius 2 is 2.12 bits per heavy atom. The molecule has 2 rings (SSSR count). The number of nitrogens with one attached hydrogen (secondary N) is 1. The van der Waals surface area contributed by atoms with Crippen LogP contribution in [0.25, 0.3) is 11.4 Å². The van der Waals surface area contributed by atoms with E-state index in [2.05, 4.69) is 25.9 Å². The maximum absolute atomic E-state index is 11.3. The average molecular weight is 300 g/mol. The molecule has 0 atom stereocenters. The van der Waals surface area contributed by atoms with Crippen LogP contribution in [0.1, 0.15) is 5.69 Å². The fourth-order valence-corrected chi connectivity index (χ4v) is 2.15. The molecule has 1 heterocycles. The Morgan fingerprint density at radius 3 is 2.75 bits per heavy atom. The van der Waals surface area contributed by atoms with E-state index in [4.69, 9.17) is 11.6 Å². The van der Waals surface area contributed by atoms with E-state index < -0.39 is 0 Å². The lowest BCUT2D eigenvalue weighted by molar-refractivity contribution is 1.07. The van der Waals surface area contributed by atoms with E-state index in [0.29, 0.717) is 22.1 Å². The Kier molecular flexibility index (Phi) is 3.12. The predicted molar refractivity (Wildman–Crippen MR) is 67.7 cm³/mol. The van der Waals surface area contributed by atoms with Crippen molar-refractivity contribution >= 4 is 27.5 Å². The third-order valence-corrected chi connectivity index (χ3v) is 2.86. The highest BCUT2D eigenvalue weighted by Crippen LogP contribution is 2.27. The van der Waals surface area contributed by atoms with Crippen LogP contribution < -0.4 is 5.56 Å². The number of aromatic nitrogens is 2. The molecule has 5 heteroatoms. The number of benzene rings is 1. The summed E-state index contributed by atoms with van der Waals surface area (Å²) in [6.45, 7) is 1.77. The van der Waals surface area contributed by atoms with E-state index in [1.165, 1.54) is 6.07 Å². The molecule has 1 aromatic heterocycles. The van der Waals surface area contributed by atoms with Crippen LogP contribution in [-0.2, 0) is 0 Å². The molecule has 16 heavy (non-hydrogen) atoms. The van der Waals surface area contributed by atoms with E-state index >= 15 is 0 Å². The van der Waals surface area contributed by atoms with Crippen LogP contribution >= 0.6 is 27.5 Å². The monoisotopic (exact) mass is 298 g/mol. The van der Waals surface area contributed by atoms with Crippen LogP contribution in [-0.4, -0.2) is 9.97 Å². The van der Waals surface area contributed by atoms with Crippen molar-refractivity contribution in [3.8, 4) is 11.4 Å². The summed E-state index contributed by atoms with van der Waals surface area (Å²) in [6.07, 6.45) is 0. The van der Waals surface area contributed by atoms with Gasteiger partial charge in [-0.1, -0.05) is 27.5 Å². The third kappa shape index (κ3) is 2.33. The van der Waals surface area contributed by atoms with Crippen molar-refractivity contribution in [1.29, 1.82) is 0 Å². The van der Waals surface area contributed by atoms with E-state index in [-0.39, 0.29) is 5.56 Å². The first kappa shape index (κ1) is 11.4. The van der Waals surface area contributed by atoms with Crippen LogP contribution in [0.3, 0.4) is 0 Å². The molecule has 0 aliphatic carbocycles. The smallest absolute Gasteiger partial charge is 0.251 e. The van der Waals surface area contributed by atoms with E-state index in [1.54, 1.807) is 13.0 Å². The molecule has 1 N–H and O–H groups in total. The Labute approximate surface area is 106 Å². The predicted octanol–water partition coefficient (Wildman–Crippen LogP) is 3.16. The molecule has 0 radical (unpaired) electrons. The largest absolute Gasteiger partial charge is 0.306 e. The highest BCUT2D eigenvalue weighted by molar-refractivity contribution is 9.10. The van der Waals surface area contributed by atoms with Gasteiger partial charge in [-0.2, -0.15) is 0 Å². The van der Waals surface area contributed by atoms with Gasteiger partial charge in [-0.25, -0.2) is 4.98 Å². The van der Waals surface area contributed by atoms with Gasteiger partial charge >= 0.3 is 0 Å². The van der Waals surface area contributed by atoms with Gasteiger partial charge in [0.05, 0.1) is 5.02 Å². The highest BCUT2D eigenvalue weighted by Gasteiger charge is 2.06. The summed E-state index contributed by atoms with van der Waals surface area (Å²) in [4.78, 5) is 18.2. The molecule has 1 aromatic carbocycles. The van der Waals surface area contributed by atoms with Gasteiger partial charge in [-0.05, 0) is 25.1 Å². The molecule has 0 saturated heterocycles. The number of hydrogen-bond donors (Lipinski definition) is 1. The number of hydrogen-bond acceptors (Lipinski definition) is 2. The number of nitrogens with zero attached hydrogens (tertiary/aromatic N) is 1. The van der Waals surface area contributed by atoms with Gasteiger partial charge in [-0.3, -0.25) is 4.79 Å².